The molecule has 2 bridgehead atoms. The lowest BCUT2D eigenvalue weighted by Gasteiger charge is -2.37. The highest BCUT2D eigenvalue weighted by Crippen LogP contribution is 2.50. The molecule has 0 aromatic carbocycles. The molecule has 116 valence electrons. The molecular formula is C19H35N. The molecule has 3 fully saturated rings. The van der Waals surface area contributed by atoms with E-state index in [4.69, 9.17) is 0 Å². The van der Waals surface area contributed by atoms with Crippen molar-refractivity contribution in [1.29, 1.82) is 0 Å². The van der Waals surface area contributed by atoms with Crippen LogP contribution in [-0.4, -0.2) is 12.6 Å². The summed E-state index contributed by atoms with van der Waals surface area (Å²) in [5.41, 5.74) is 0. The Bertz CT molecular complexity index is 300. The first kappa shape index (κ1) is 14.9. The van der Waals surface area contributed by atoms with Crippen molar-refractivity contribution in [3.63, 3.8) is 0 Å². The van der Waals surface area contributed by atoms with Gasteiger partial charge in [0.05, 0.1) is 0 Å². The zero-order valence-electron chi connectivity index (χ0n) is 13.7. The maximum absolute atomic E-state index is 3.88. The van der Waals surface area contributed by atoms with Crippen LogP contribution in [0.2, 0.25) is 0 Å². The maximum atomic E-state index is 3.88. The van der Waals surface area contributed by atoms with Gasteiger partial charge in [-0.05, 0) is 74.7 Å². The summed E-state index contributed by atoms with van der Waals surface area (Å²) in [4.78, 5) is 0. The first-order valence-corrected chi connectivity index (χ1v) is 9.53. The van der Waals surface area contributed by atoms with Crippen LogP contribution < -0.4 is 5.32 Å². The summed E-state index contributed by atoms with van der Waals surface area (Å²) in [5.74, 6) is 5.29. The van der Waals surface area contributed by atoms with Crippen LogP contribution >= 0.6 is 0 Å². The molecule has 1 nitrogen and oxygen atoms in total. The molecule has 0 amide bonds. The predicted octanol–water partition coefficient (Wildman–Crippen LogP) is 5.01. The van der Waals surface area contributed by atoms with Crippen molar-refractivity contribution in [2.45, 2.75) is 84.1 Å². The van der Waals surface area contributed by atoms with Gasteiger partial charge in [-0.1, -0.05) is 39.5 Å². The predicted molar refractivity (Wildman–Crippen MR) is 86.8 cm³/mol. The molecule has 0 heterocycles. The third-order valence-electron chi connectivity index (χ3n) is 6.88. The van der Waals surface area contributed by atoms with Gasteiger partial charge in [0, 0.05) is 6.04 Å². The van der Waals surface area contributed by atoms with Gasteiger partial charge in [0.25, 0.3) is 0 Å². The van der Waals surface area contributed by atoms with Crippen LogP contribution in [0.3, 0.4) is 0 Å². The number of hydrogen-bond donors (Lipinski definition) is 1. The largest absolute Gasteiger partial charge is 0.314 e. The molecule has 0 radical (unpaired) electrons. The normalized spacial score (nSPS) is 42.0. The fraction of sp³-hybridized carbons (Fsp3) is 1.00. The highest BCUT2D eigenvalue weighted by Gasteiger charge is 2.41. The number of hydrogen-bond acceptors (Lipinski definition) is 1. The van der Waals surface area contributed by atoms with Crippen molar-refractivity contribution in [2.75, 3.05) is 6.54 Å². The Balaban J connectivity index is 1.57. The standard InChI is InChI=1S/C19H35N/c1-3-14-6-5-7-17(10-14)19(20-4-2)13-18-12-15-8-9-16(18)11-15/h14-20H,3-13H2,1-2H3. The van der Waals surface area contributed by atoms with Crippen LogP contribution in [0.5, 0.6) is 0 Å². The third-order valence-corrected chi connectivity index (χ3v) is 6.88. The zero-order chi connectivity index (χ0) is 13.9. The molecule has 0 saturated heterocycles. The molecule has 0 spiro atoms. The fourth-order valence-corrected chi connectivity index (χ4v) is 5.76. The average Bonchev–Trinajstić information content (AvgIpc) is 3.09. The Morgan fingerprint density at radius 1 is 1.00 bits per heavy atom. The Labute approximate surface area is 126 Å². The van der Waals surface area contributed by atoms with E-state index in [2.05, 4.69) is 19.2 Å². The van der Waals surface area contributed by atoms with Crippen LogP contribution in [0.15, 0.2) is 0 Å². The topological polar surface area (TPSA) is 12.0 Å². The van der Waals surface area contributed by atoms with Crippen molar-refractivity contribution >= 4 is 0 Å². The maximum Gasteiger partial charge on any atom is 0.00980 e. The van der Waals surface area contributed by atoms with Gasteiger partial charge in [-0.25, -0.2) is 0 Å². The van der Waals surface area contributed by atoms with Crippen LogP contribution in [0.1, 0.15) is 78.1 Å². The van der Waals surface area contributed by atoms with Crippen molar-refractivity contribution in [1.82, 2.24) is 5.32 Å². The van der Waals surface area contributed by atoms with E-state index in [1.807, 2.05) is 0 Å². The van der Waals surface area contributed by atoms with E-state index in [9.17, 15) is 0 Å². The van der Waals surface area contributed by atoms with E-state index >= 15 is 0 Å². The smallest absolute Gasteiger partial charge is 0.00980 e. The van der Waals surface area contributed by atoms with Gasteiger partial charge in [-0.15, -0.1) is 0 Å². The van der Waals surface area contributed by atoms with Crippen LogP contribution in [-0.2, 0) is 0 Å². The zero-order valence-corrected chi connectivity index (χ0v) is 13.7. The summed E-state index contributed by atoms with van der Waals surface area (Å²) in [6.07, 6.45) is 15.1. The molecule has 3 aliphatic rings. The van der Waals surface area contributed by atoms with E-state index < -0.39 is 0 Å². The minimum atomic E-state index is 0.832. The van der Waals surface area contributed by atoms with Gasteiger partial charge in [-0.3, -0.25) is 0 Å². The fourth-order valence-electron chi connectivity index (χ4n) is 5.76. The molecule has 3 rings (SSSR count). The first-order valence-electron chi connectivity index (χ1n) is 9.53. The Kier molecular flexibility index (Phi) is 5.07. The number of fused-ring (bicyclic) bond motifs is 2. The van der Waals surface area contributed by atoms with E-state index in [0.717, 1.165) is 35.6 Å². The van der Waals surface area contributed by atoms with Crippen molar-refractivity contribution in [2.24, 2.45) is 29.6 Å². The second-order valence-electron chi connectivity index (χ2n) is 8.04. The van der Waals surface area contributed by atoms with Crippen molar-refractivity contribution in [3.8, 4) is 0 Å². The average molecular weight is 277 g/mol. The van der Waals surface area contributed by atoms with Gasteiger partial charge < -0.3 is 5.32 Å². The van der Waals surface area contributed by atoms with Crippen molar-refractivity contribution in [3.05, 3.63) is 0 Å². The van der Waals surface area contributed by atoms with E-state index in [0.29, 0.717) is 0 Å². The molecule has 0 aromatic heterocycles. The summed E-state index contributed by atoms with van der Waals surface area (Å²) in [6, 6.07) is 0.832. The third kappa shape index (κ3) is 3.24. The van der Waals surface area contributed by atoms with Gasteiger partial charge >= 0.3 is 0 Å². The van der Waals surface area contributed by atoms with E-state index in [1.165, 1.54) is 45.1 Å². The Morgan fingerprint density at radius 3 is 2.55 bits per heavy atom. The lowest BCUT2D eigenvalue weighted by molar-refractivity contribution is 0.173. The first-order chi connectivity index (χ1) is 9.80. The molecule has 0 aliphatic heterocycles. The van der Waals surface area contributed by atoms with Gasteiger partial charge in [0.2, 0.25) is 0 Å². The van der Waals surface area contributed by atoms with Crippen LogP contribution in [0.25, 0.3) is 0 Å². The number of nitrogens with one attached hydrogen (secondary N) is 1. The molecule has 1 N–H and O–H groups in total. The molecule has 3 aliphatic carbocycles. The highest BCUT2D eigenvalue weighted by atomic mass is 14.9. The van der Waals surface area contributed by atoms with Crippen LogP contribution in [0.4, 0.5) is 0 Å². The second kappa shape index (κ2) is 6.81. The molecule has 3 saturated carbocycles. The van der Waals surface area contributed by atoms with E-state index in [-0.39, 0.29) is 0 Å². The Morgan fingerprint density at radius 2 is 1.90 bits per heavy atom. The monoisotopic (exact) mass is 277 g/mol. The summed E-state index contributed by atoms with van der Waals surface area (Å²) >= 11 is 0. The summed E-state index contributed by atoms with van der Waals surface area (Å²) in [6.45, 7) is 5.86. The molecule has 20 heavy (non-hydrogen) atoms. The van der Waals surface area contributed by atoms with Crippen molar-refractivity contribution < 1.29 is 0 Å². The quantitative estimate of drug-likeness (QED) is 0.720. The molecule has 1 heteroatoms. The van der Waals surface area contributed by atoms with E-state index in [1.54, 1.807) is 25.7 Å². The highest BCUT2D eigenvalue weighted by molar-refractivity contribution is 4.93. The summed E-state index contributed by atoms with van der Waals surface area (Å²) < 4.78 is 0. The lowest BCUT2D eigenvalue weighted by Crippen LogP contribution is -2.40. The molecular weight excluding hydrogens is 242 g/mol. The molecule has 6 atom stereocenters. The van der Waals surface area contributed by atoms with Gasteiger partial charge in [0.15, 0.2) is 0 Å². The van der Waals surface area contributed by atoms with Gasteiger partial charge in [-0.2, -0.15) is 0 Å². The summed E-state index contributed by atoms with van der Waals surface area (Å²) in [7, 11) is 0. The Hall–Kier alpha value is -0.0400. The second-order valence-corrected chi connectivity index (χ2v) is 8.04. The van der Waals surface area contributed by atoms with Crippen LogP contribution in [0, 0.1) is 29.6 Å². The molecule has 6 unspecified atom stereocenters. The summed E-state index contributed by atoms with van der Waals surface area (Å²) in [5, 5.41) is 3.88. The SMILES string of the molecule is CCNC(CC1CC2CCC1C2)C1CCCC(CC)C1. The van der Waals surface area contributed by atoms with Gasteiger partial charge in [0.1, 0.15) is 0 Å². The minimum absolute atomic E-state index is 0.832. The minimum Gasteiger partial charge on any atom is -0.314 e. The molecule has 0 aromatic rings. The lowest BCUT2D eigenvalue weighted by atomic mass is 9.73. The number of rotatable bonds is 6.